The van der Waals surface area contributed by atoms with Gasteiger partial charge in [-0.3, -0.25) is 14.4 Å². The van der Waals surface area contributed by atoms with Crippen molar-refractivity contribution in [3.8, 4) is 0 Å². The molecule has 0 bridgehead atoms. The molecule has 0 aliphatic carbocycles. The number of ketones is 1. The molecule has 1 N–H and O–H groups in total. The Morgan fingerprint density at radius 3 is 2.31 bits per heavy atom. The van der Waals surface area contributed by atoms with E-state index < -0.39 is 18.4 Å². The summed E-state index contributed by atoms with van der Waals surface area (Å²) in [6.45, 7) is 2.95. The number of Topliss-reactive ketones (excluding diaryl/α,β-unsaturated/α-hetero) is 1. The predicted molar refractivity (Wildman–Crippen MR) is 107 cm³/mol. The first-order valence-corrected chi connectivity index (χ1v) is 8.98. The zero-order valence-corrected chi connectivity index (χ0v) is 16.0. The van der Waals surface area contributed by atoms with Gasteiger partial charge in [-0.25, -0.2) is 9.48 Å². The van der Waals surface area contributed by atoms with E-state index in [1.807, 2.05) is 0 Å². The standard InChI is InChI=1S/C21H19N3O5/c1-3-24-20(27)17-7-5-4-6-16(17)19(23-24)21(28)29-12-18(26)14-8-10-15(11-9-14)22-13(2)25/h4-11H,3,12H2,1-2H3,(H,22,25). The van der Waals surface area contributed by atoms with Crippen molar-refractivity contribution in [3.05, 3.63) is 70.1 Å². The van der Waals surface area contributed by atoms with Crippen molar-refractivity contribution in [2.75, 3.05) is 11.9 Å². The summed E-state index contributed by atoms with van der Waals surface area (Å²) in [5.41, 5.74) is 0.581. The smallest absolute Gasteiger partial charge is 0.359 e. The number of hydrogen-bond donors (Lipinski definition) is 1. The zero-order chi connectivity index (χ0) is 21.0. The van der Waals surface area contributed by atoms with E-state index in [-0.39, 0.29) is 17.2 Å². The molecule has 3 rings (SSSR count). The molecule has 0 saturated heterocycles. The van der Waals surface area contributed by atoms with Crippen LogP contribution in [0.25, 0.3) is 10.8 Å². The van der Waals surface area contributed by atoms with Crippen LogP contribution in [0.3, 0.4) is 0 Å². The molecule has 0 fully saturated rings. The summed E-state index contributed by atoms with van der Waals surface area (Å²) in [7, 11) is 0. The van der Waals surface area contributed by atoms with Gasteiger partial charge in [0.25, 0.3) is 5.56 Å². The maximum absolute atomic E-state index is 12.5. The average Bonchev–Trinajstić information content (AvgIpc) is 2.72. The van der Waals surface area contributed by atoms with Crippen LogP contribution < -0.4 is 10.9 Å². The Morgan fingerprint density at radius 2 is 1.69 bits per heavy atom. The van der Waals surface area contributed by atoms with Gasteiger partial charge in [0.05, 0.1) is 5.39 Å². The van der Waals surface area contributed by atoms with E-state index in [4.69, 9.17) is 4.74 Å². The number of amides is 1. The number of aryl methyl sites for hydroxylation is 1. The lowest BCUT2D eigenvalue weighted by molar-refractivity contribution is -0.114. The van der Waals surface area contributed by atoms with Crippen LogP contribution in [-0.4, -0.2) is 34.0 Å². The van der Waals surface area contributed by atoms with E-state index in [1.54, 1.807) is 43.3 Å². The minimum atomic E-state index is -0.786. The molecule has 0 saturated carbocycles. The number of carbonyl (C=O) groups excluding carboxylic acids is 3. The summed E-state index contributed by atoms with van der Waals surface area (Å²) >= 11 is 0. The lowest BCUT2D eigenvalue weighted by Gasteiger charge is -2.09. The maximum atomic E-state index is 12.5. The van der Waals surface area contributed by atoms with Crippen molar-refractivity contribution in [3.63, 3.8) is 0 Å². The fraction of sp³-hybridized carbons (Fsp3) is 0.190. The van der Waals surface area contributed by atoms with Crippen LogP contribution in [0.4, 0.5) is 5.69 Å². The predicted octanol–water partition coefficient (Wildman–Crippen LogP) is 2.41. The number of ether oxygens (including phenoxy) is 1. The topological polar surface area (TPSA) is 107 Å². The van der Waals surface area contributed by atoms with Crippen molar-refractivity contribution in [1.82, 2.24) is 9.78 Å². The van der Waals surface area contributed by atoms with E-state index in [1.165, 1.54) is 23.7 Å². The molecule has 0 aliphatic rings. The SMILES string of the molecule is CCn1nc(C(=O)OCC(=O)c2ccc(NC(C)=O)cc2)c2ccccc2c1=O. The molecule has 1 heterocycles. The molecule has 148 valence electrons. The molecule has 8 heteroatoms. The molecule has 0 aliphatic heterocycles. The number of benzene rings is 2. The highest BCUT2D eigenvalue weighted by Crippen LogP contribution is 2.15. The summed E-state index contributed by atoms with van der Waals surface area (Å²) in [4.78, 5) is 48.3. The van der Waals surface area contributed by atoms with Gasteiger partial charge in [0.2, 0.25) is 5.91 Å². The van der Waals surface area contributed by atoms with Crippen molar-refractivity contribution in [1.29, 1.82) is 0 Å². The molecular weight excluding hydrogens is 374 g/mol. The summed E-state index contributed by atoms with van der Waals surface area (Å²) in [5, 5.41) is 7.42. The number of rotatable bonds is 6. The van der Waals surface area contributed by atoms with Gasteiger partial charge in [0.15, 0.2) is 18.1 Å². The number of nitrogens with zero attached hydrogens (tertiary/aromatic N) is 2. The molecular formula is C21H19N3O5. The van der Waals surface area contributed by atoms with E-state index in [9.17, 15) is 19.2 Å². The van der Waals surface area contributed by atoms with Crippen LogP contribution in [0, 0.1) is 0 Å². The van der Waals surface area contributed by atoms with Crippen LogP contribution in [0.2, 0.25) is 0 Å². The van der Waals surface area contributed by atoms with Crippen LogP contribution in [0.1, 0.15) is 34.7 Å². The highest BCUT2D eigenvalue weighted by atomic mass is 16.5. The van der Waals surface area contributed by atoms with Gasteiger partial charge in [-0.1, -0.05) is 18.2 Å². The first-order valence-electron chi connectivity index (χ1n) is 8.98. The van der Waals surface area contributed by atoms with Gasteiger partial charge < -0.3 is 10.1 Å². The van der Waals surface area contributed by atoms with Gasteiger partial charge in [0, 0.05) is 30.1 Å². The molecule has 29 heavy (non-hydrogen) atoms. The molecule has 0 spiro atoms. The number of hydrogen-bond acceptors (Lipinski definition) is 6. The Balaban J connectivity index is 1.77. The Bertz CT molecular complexity index is 1150. The molecule has 0 radical (unpaired) electrons. The van der Waals surface area contributed by atoms with Gasteiger partial charge >= 0.3 is 5.97 Å². The molecule has 2 aromatic carbocycles. The Kier molecular flexibility index (Phi) is 5.82. The number of fused-ring (bicyclic) bond motifs is 1. The molecule has 0 unspecified atom stereocenters. The molecule has 0 atom stereocenters. The quantitative estimate of drug-likeness (QED) is 0.509. The van der Waals surface area contributed by atoms with Gasteiger partial charge in [-0.05, 0) is 37.3 Å². The van der Waals surface area contributed by atoms with Crippen molar-refractivity contribution in [2.45, 2.75) is 20.4 Å². The molecule has 3 aromatic rings. The highest BCUT2D eigenvalue weighted by molar-refractivity contribution is 6.04. The first kappa shape index (κ1) is 19.9. The van der Waals surface area contributed by atoms with Crippen molar-refractivity contribution >= 4 is 34.1 Å². The highest BCUT2D eigenvalue weighted by Gasteiger charge is 2.19. The molecule has 1 amide bonds. The second kappa shape index (κ2) is 8.47. The third-order valence-corrected chi connectivity index (χ3v) is 4.22. The third kappa shape index (κ3) is 4.37. The monoisotopic (exact) mass is 393 g/mol. The first-order chi connectivity index (χ1) is 13.9. The van der Waals surface area contributed by atoms with Crippen molar-refractivity contribution < 1.29 is 19.1 Å². The summed E-state index contributed by atoms with van der Waals surface area (Å²) in [6.07, 6.45) is 0. The lowest BCUT2D eigenvalue weighted by Crippen LogP contribution is -2.26. The number of anilines is 1. The lowest BCUT2D eigenvalue weighted by atomic mass is 10.1. The number of nitrogens with one attached hydrogen (secondary N) is 1. The van der Waals surface area contributed by atoms with Gasteiger partial charge in [-0.15, -0.1) is 0 Å². The normalized spacial score (nSPS) is 10.6. The van der Waals surface area contributed by atoms with E-state index >= 15 is 0 Å². The fourth-order valence-electron chi connectivity index (χ4n) is 2.83. The largest absolute Gasteiger partial charge is 0.452 e. The Labute approximate surface area is 166 Å². The Hall–Kier alpha value is -3.81. The summed E-state index contributed by atoms with van der Waals surface area (Å²) in [5.74, 6) is -1.40. The summed E-state index contributed by atoms with van der Waals surface area (Å²) in [6, 6.07) is 12.9. The van der Waals surface area contributed by atoms with Gasteiger partial charge in [0.1, 0.15) is 0 Å². The van der Waals surface area contributed by atoms with Crippen LogP contribution in [0.5, 0.6) is 0 Å². The molecule has 1 aromatic heterocycles. The minimum Gasteiger partial charge on any atom is -0.452 e. The van der Waals surface area contributed by atoms with Crippen LogP contribution >= 0.6 is 0 Å². The van der Waals surface area contributed by atoms with E-state index in [0.717, 1.165) is 0 Å². The number of aromatic nitrogens is 2. The van der Waals surface area contributed by atoms with E-state index in [0.29, 0.717) is 28.6 Å². The second-order valence-corrected chi connectivity index (χ2v) is 6.27. The maximum Gasteiger partial charge on any atom is 0.359 e. The zero-order valence-electron chi connectivity index (χ0n) is 16.0. The minimum absolute atomic E-state index is 0.0177. The fourth-order valence-corrected chi connectivity index (χ4v) is 2.83. The van der Waals surface area contributed by atoms with E-state index in [2.05, 4.69) is 10.4 Å². The van der Waals surface area contributed by atoms with Crippen LogP contribution in [-0.2, 0) is 16.1 Å². The third-order valence-electron chi connectivity index (χ3n) is 4.22. The van der Waals surface area contributed by atoms with Crippen molar-refractivity contribution in [2.24, 2.45) is 0 Å². The number of carbonyl (C=O) groups is 3. The van der Waals surface area contributed by atoms with Gasteiger partial charge in [-0.2, -0.15) is 5.10 Å². The Morgan fingerprint density at radius 1 is 1.03 bits per heavy atom. The summed E-state index contributed by atoms with van der Waals surface area (Å²) < 4.78 is 6.33. The average molecular weight is 393 g/mol. The second-order valence-electron chi connectivity index (χ2n) is 6.27. The number of esters is 1. The molecule has 8 nitrogen and oxygen atoms in total. The van der Waals surface area contributed by atoms with Crippen LogP contribution in [0.15, 0.2) is 53.3 Å².